The monoisotopic (exact) mass is 367 g/mol. The lowest BCUT2D eigenvalue weighted by Gasteiger charge is -2.27. The van der Waals surface area contributed by atoms with Gasteiger partial charge < -0.3 is 15.9 Å². The smallest absolute Gasteiger partial charge is 0.0926 e. The molecule has 0 fully saturated rings. The van der Waals surface area contributed by atoms with Crippen LogP contribution in [-0.4, -0.2) is 29.0 Å². The van der Waals surface area contributed by atoms with Crippen LogP contribution in [0.3, 0.4) is 0 Å². The topological polar surface area (TPSA) is 66.5 Å². The molecule has 1 rings (SSSR count). The third-order valence-corrected chi connectivity index (χ3v) is 5.93. The molecular formula is C23H45NO2. The Morgan fingerprint density at radius 3 is 1.85 bits per heavy atom. The van der Waals surface area contributed by atoms with E-state index in [0.29, 0.717) is 0 Å². The van der Waals surface area contributed by atoms with Gasteiger partial charge in [0.25, 0.3) is 0 Å². The number of hydrogen-bond donors (Lipinski definition) is 3. The van der Waals surface area contributed by atoms with E-state index >= 15 is 0 Å². The maximum atomic E-state index is 10.4. The van der Waals surface area contributed by atoms with Crippen molar-refractivity contribution in [3.05, 3.63) is 11.1 Å². The van der Waals surface area contributed by atoms with Crippen molar-refractivity contribution in [1.29, 1.82) is 0 Å². The van der Waals surface area contributed by atoms with Crippen molar-refractivity contribution in [2.75, 3.05) is 6.61 Å². The molecule has 0 radical (unpaired) electrons. The summed E-state index contributed by atoms with van der Waals surface area (Å²) in [5.41, 5.74) is 8.41. The van der Waals surface area contributed by atoms with Crippen LogP contribution in [0.4, 0.5) is 0 Å². The van der Waals surface area contributed by atoms with Crippen LogP contribution < -0.4 is 5.73 Å². The fourth-order valence-electron chi connectivity index (χ4n) is 4.17. The molecule has 0 saturated heterocycles. The Morgan fingerprint density at radius 2 is 1.31 bits per heavy atom. The molecule has 0 aliphatic heterocycles. The van der Waals surface area contributed by atoms with E-state index in [9.17, 15) is 10.2 Å². The minimum atomic E-state index is -0.646. The van der Waals surface area contributed by atoms with Crippen LogP contribution in [0, 0.1) is 0 Å². The zero-order valence-corrected chi connectivity index (χ0v) is 17.4. The second-order valence-electron chi connectivity index (χ2n) is 8.27. The van der Waals surface area contributed by atoms with Gasteiger partial charge in [-0.3, -0.25) is 0 Å². The SMILES string of the molecule is CCCCCCCCCCCCCCC1=C(C(O)C(N)CO)CCCC1. The zero-order valence-electron chi connectivity index (χ0n) is 17.4. The molecule has 0 bridgehead atoms. The van der Waals surface area contributed by atoms with Gasteiger partial charge in [0.2, 0.25) is 0 Å². The predicted molar refractivity (Wildman–Crippen MR) is 112 cm³/mol. The Hall–Kier alpha value is -0.380. The van der Waals surface area contributed by atoms with E-state index in [2.05, 4.69) is 6.92 Å². The Labute approximate surface area is 162 Å². The number of aliphatic hydroxyl groups excluding tert-OH is 2. The molecule has 0 heterocycles. The zero-order chi connectivity index (χ0) is 19.0. The molecule has 26 heavy (non-hydrogen) atoms. The molecule has 154 valence electrons. The Kier molecular flexibility index (Phi) is 14.2. The van der Waals surface area contributed by atoms with Crippen molar-refractivity contribution in [1.82, 2.24) is 0 Å². The molecule has 3 nitrogen and oxygen atoms in total. The van der Waals surface area contributed by atoms with Crippen LogP contribution >= 0.6 is 0 Å². The first-order valence-electron chi connectivity index (χ1n) is 11.5. The lowest BCUT2D eigenvalue weighted by Crippen LogP contribution is -2.40. The van der Waals surface area contributed by atoms with Gasteiger partial charge in [-0.1, -0.05) is 83.1 Å². The van der Waals surface area contributed by atoms with Crippen molar-refractivity contribution in [3.63, 3.8) is 0 Å². The van der Waals surface area contributed by atoms with Crippen LogP contribution in [0.15, 0.2) is 11.1 Å². The van der Waals surface area contributed by atoms with E-state index in [-0.39, 0.29) is 6.61 Å². The fraction of sp³-hybridized carbons (Fsp3) is 0.913. The number of hydrogen-bond acceptors (Lipinski definition) is 3. The number of nitrogens with two attached hydrogens (primary N) is 1. The average molecular weight is 368 g/mol. The van der Waals surface area contributed by atoms with Crippen molar-refractivity contribution in [3.8, 4) is 0 Å². The summed E-state index contributed by atoms with van der Waals surface area (Å²) in [5, 5.41) is 19.6. The fourth-order valence-corrected chi connectivity index (χ4v) is 4.17. The summed E-state index contributed by atoms with van der Waals surface area (Å²) in [7, 11) is 0. The summed E-state index contributed by atoms with van der Waals surface area (Å²) in [6.07, 6.45) is 21.4. The van der Waals surface area contributed by atoms with Gasteiger partial charge in [-0.25, -0.2) is 0 Å². The molecule has 0 spiro atoms. The Balaban J connectivity index is 2.09. The lowest BCUT2D eigenvalue weighted by atomic mass is 9.84. The molecule has 1 aliphatic rings. The Bertz CT molecular complexity index is 367. The molecule has 0 amide bonds. The van der Waals surface area contributed by atoms with Gasteiger partial charge in [0, 0.05) is 0 Å². The molecule has 0 aromatic heterocycles. The number of rotatable bonds is 16. The molecule has 4 N–H and O–H groups in total. The van der Waals surface area contributed by atoms with E-state index in [1.54, 1.807) is 0 Å². The maximum Gasteiger partial charge on any atom is 0.0926 e. The number of aliphatic hydroxyl groups is 2. The first-order chi connectivity index (χ1) is 12.7. The molecular weight excluding hydrogens is 322 g/mol. The molecule has 0 aromatic carbocycles. The van der Waals surface area contributed by atoms with E-state index in [0.717, 1.165) is 31.3 Å². The van der Waals surface area contributed by atoms with Crippen LogP contribution in [0.1, 0.15) is 116 Å². The van der Waals surface area contributed by atoms with Gasteiger partial charge in [0.15, 0.2) is 0 Å². The van der Waals surface area contributed by atoms with Gasteiger partial charge in [-0.2, -0.15) is 0 Å². The molecule has 2 unspecified atom stereocenters. The van der Waals surface area contributed by atoms with Gasteiger partial charge >= 0.3 is 0 Å². The summed E-state index contributed by atoms with van der Waals surface area (Å²) in [6, 6.07) is -0.528. The maximum absolute atomic E-state index is 10.4. The van der Waals surface area contributed by atoms with Gasteiger partial charge in [-0.05, 0) is 44.1 Å². The van der Waals surface area contributed by atoms with E-state index in [1.165, 1.54) is 89.0 Å². The minimum Gasteiger partial charge on any atom is -0.395 e. The summed E-state index contributed by atoms with van der Waals surface area (Å²) in [4.78, 5) is 0. The van der Waals surface area contributed by atoms with E-state index < -0.39 is 12.1 Å². The highest BCUT2D eigenvalue weighted by Crippen LogP contribution is 2.31. The summed E-state index contributed by atoms with van der Waals surface area (Å²) in [6.45, 7) is 2.13. The van der Waals surface area contributed by atoms with Crippen LogP contribution in [0.5, 0.6) is 0 Å². The standard InChI is InChI=1S/C23H45NO2/c1-2-3-4-5-6-7-8-9-10-11-12-13-16-20-17-14-15-18-21(20)23(26)22(24)19-25/h22-23,25-26H,2-19,24H2,1H3. The van der Waals surface area contributed by atoms with Crippen LogP contribution in [0.2, 0.25) is 0 Å². The molecule has 2 atom stereocenters. The van der Waals surface area contributed by atoms with Crippen molar-refractivity contribution >= 4 is 0 Å². The lowest BCUT2D eigenvalue weighted by molar-refractivity contribution is 0.130. The van der Waals surface area contributed by atoms with Gasteiger partial charge in [0.1, 0.15) is 0 Å². The summed E-state index contributed by atoms with van der Waals surface area (Å²) in [5.74, 6) is 0. The second-order valence-corrected chi connectivity index (χ2v) is 8.27. The van der Waals surface area contributed by atoms with E-state index in [4.69, 9.17) is 5.73 Å². The quantitative estimate of drug-likeness (QED) is 0.245. The first kappa shape index (κ1) is 23.7. The minimum absolute atomic E-state index is 0.142. The largest absolute Gasteiger partial charge is 0.395 e. The van der Waals surface area contributed by atoms with Crippen LogP contribution in [0.25, 0.3) is 0 Å². The van der Waals surface area contributed by atoms with Crippen molar-refractivity contribution < 1.29 is 10.2 Å². The second kappa shape index (κ2) is 15.7. The van der Waals surface area contributed by atoms with Crippen molar-refractivity contribution in [2.45, 2.75) is 128 Å². The van der Waals surface area contributed by atoms with Crippen LogP contribution in [-0.2, 0) is 0 Å². The molecule has 0 saturated carbocycles. The average Bonchev–Trinajstić information content (AvgIpc) is 2.68. The van der Waals surface area contributed by atoms with Crippen molar-refractivity contribution in [2.24, 2.45) is 5.73 Å². The van der Waals surface area contributed by atoms with Gasteiger partial charge in [0.05, 0.1) is 18.8 Å². The third kappa shape index (κ3) is 10.1. The van der Waals surface area contributed by atoms with E-state index in [1.807, 2.05) is 0 Å². The summed E-state index contributed by atoms with van der Waals surface area (Å²) >= 11 is 0. The molecule has 1 aliphatic carbocycles. The highest BCUT2D eigenvalue weighted by molar-refractivity contribution is 5.22. The molecule has 3 heteroatoms. The number of unbranched alkanes of at least 4 members (excludes halogenated alkanes) is 11. The first-order valence-corrected chi connectivity index (χ1v) is 11.5. The predicted octanol–water partition coefficient (Wildman–Crippen LogP) is 5.63. The molecule has 0 aromatic rings. The normalized spacial score (nSPS) is 17.5. The highest BCUT2D eigenvalue weighted by atomic mass is 16.3. The Morgan fingerprint density at radius 1 is 0.808 bits per heavy atom. The summed E-state index contributed by atoms with van der Waals surface area (Å²) < 4.78 is 0. The number of allylic oxidation sites excluding steroid dienone is 1. The highest BCUT2D eigenvalue weighted by Gasteiger charge is 2.23. The van der Waals surface area contributed by atoms with Gasteiger partial charge in [-0.15, -0.1) is 0 Å². The third-order valence-electron chi connectivity index (χ3n) is 5.93.